The Hall–Kier alpha value is -3.77. The summed E-state index contributed by atoms with van der Waals surface area (Å²) in [6, 6.07) is 10.2. The van der Waals surface area contributed by atoms with Gasteiger partial charge in [-0.2, -0.15) is 31.4 Å². The number of hydrazone groups is 1. The number of aliphatic imine (C=N–C) groups is 1. The molecule has 0 aromatic heterocycles. The minimum Gasteiger partial charge on any atom is -0.315 e. The van der Waals surface area contributed by atoms with Crippen LogP contribution < -0.4 is 20.8 Å². The maximum absolute atomic E-state index is 12.5. The van der Waals surface area contributed by atoms with Gasteiger partial charge in [0, 0.05) is 33.0 Å². The molecule has 0 unspecified atom stereocenters. The van der Waals surface area contributed by atoms with E-state index in [-0.39, 0.29) is 0 Å². The highest BCUT2D eigenvalue weighted by atomic mass is 19.4. The van der Waals surface area contributed by atoms with Crippen molar-refractivity contribution in [3.8, 4) is 0 Å². The van der Waals surface area contributed by atoms with Crippen LogP contribution in [-0.2, 0) is 17.1 Å². The van der Waals surface area contributed by atoms with Crippen molar-refractivity contribution in [2.75, 3.05) is 30.2 Å². The van der Waals surface area contributed by atoms with Crippen molar-refractivity contribution < 1.29 is 31.1 Å². The summed E-state index contributed by atoms with van der Waals surface area (Å²) in [7, 11) is 1.65. The SMILES string of the molecule is CN=C1CCN(c2cccc(C(F)(F)F)c2)N1.O=CNC1=NN(c2cccc(C(F)(F)F)c2)CC1. The zero-order valence-corrected chi connectivity index (χ0v) is 18.5. The molecule has 0 aliphatic carbocycles. The van der Waals surface area contributed by atoms with Crippen LogP contribution in [0.5, 0.6) is 0 Å². The first-order valence-electron chi connectivity index (χ1n) is 10.4. The Labute approximate surface area is 197 Å². The molecule has 1 saturated heterocycles. The number of nitrogens with one attached hydrogen (secondary N) is 2. The van der Waals surface area contributed by atoms with Gasteiger partial charge in [0.2, 0.25) is 6.41 Å². The third kappa shape index (κ3) is 6.87. The van der Waals surface area contributed by atoms with E-state index >= 15 is 0 Å². The number of amidine groups is 2. The van der Waals surface area contributed by atoms with E-state index in [9.17, 15) is 31.1 Å². The van der Waals surface area contributed by atoms with Crippen molar-refractivity contribution in [2.45, 2.75) is 25.2 Å². The lowest BCUT2D eigenvalue weighted by molar-refractivity contribution is -0.138. The molecule has 35 heavy (non-hydrogen) atoms. The maximum atomic E-state index is 12.5. The molecule has 2 aromatic carbocycles. The average Bonchev–Trinajstić information content (AvgIpc) is 3.49. The quantitative estimate of drug-likeness (QED) is 0.484. The van der Waals surface area contributed by atoms with Crippen molar-refractivity contribution in [1.29, 1.82) is 0 Å². The van der Waals surface area contributed by atoms with Crippen LogP contribution in [0.3, 0.4) is 0 Å². The van der Waals surface area contributed by atoms with Crippen LogP contribution in [0.15, 0.2) is 58.6 Å². The Morgan fingerprint density at radius 1 is 0.943 bits per heavy atom. The van der Waals surface area contributed by atoms with E-state index in [2.05, 4.69) is 20.8 Å². The molecule has 7 nitrogen and oxygen atoms in total. The van der Waals surface area contributed by atoms with Gasteiger partial charge < -0.3 is 5.32 Å². The lowest BCUT2D eigenvalue weighted by atomic mass is 10.2. The number of amides is 1. The van der Waals surface area contributed by atoms with Gasteiger partial charge in [-0.05, 0) is 36.4 Å². The molecular weight excluding hydrogens is 478 g/mol. The molecule has 13 heteroatoms. The lowest BCUT2D eigenvalue weighted by Gasteiger charge is -2.19. The normalized spacial score (nSPS) is 17.0. The minimum atomic E-state index is -4.37. The zero-order valence-electron chi connectivity index (χ0n) is 18.5. The molecule has 2 aliphatic rings. The number of anilines is 2. The molecule has 4 rings (SSSR count). The van der Waals surface area contributed by atoms with Crippen LogP contribution in [0.4, 0.5) is 37.7 Å². The number of alkyl halides is 6. The summed E-state index contributed by atoms with van der Waals surface area (Å²) in [5, 5.41) is 9.50. The van der Waals surface area contributed by atoms with Gasteiger partial charge in [0.25, 0.3) is 0 Å². The van der Waals surface area contributed by atoms with Crippen LogP contribution in [0.1, 0.15) is 24.0 Å². The van der Waals surface area contributed by atoms with Crippen molar-refractivity contribution in [3.05, 3.63) is 59.7 Å². The van der Waals surface area contributed by atoms with Crippen LogP contribution in [0.25, 0.3) is 0 Å². The van der Waals surface area contributed by atoms with E-state index in [1.54, 1.807) is 24.2 Å². The first-order valence-corrected chi connectivity index (χ1v) is 10.4. The Kier molecular flexibility index (Phi) is 7.87. The fourth-order valence-corrected chi connectivity index (χ4v) is 3.35. The number of halogens is 6. The summed E-state index contributed by atoms with van der Waals surface area (Å²) in [4.78, 5) is 14.2. The fourth-order valence-electron chi connectivity index (χ4n) is 3.35. The van der Waals surface area contributed by atoms with Gasteiger partial charge in [0.15, 0.2) is 0 Å². The van der Waals surface area contributed by atoms with Gasteiger partial charge in [0.05, 0.1) is 22.5 Å². The molecule has 1 fully saturated rings. The van der Waals surface area contributed by atoms with Crippen molar-refractivity contribution in [2.24, 2.45) is 10.1 Å². The zero-order chi connectivity index (χ0) is 25.6. The second-order valence-corrected chi connectivity index (χ2v) is 7.46. The van der Waals surface area contributed by atoms with Gasteiger partial charge >= 0.3 is 12.4 Å². The predicted octanol–water partition coefficient (Wildman–Crippen LogP) is 4.42. The number of hydrogen-bond acceptors (Lipinski definition) is 5. The maximum Gasteiger partial charge on any atom is 0.416 e. The molecule has 0 radical (unpaired) electrons. The molecule has 1 amide bonds. The summed E-state index contributed by atoms with van der Waals surface area (Å²) in [6.07, 6.45) is -6.98. The first kappa shape index (κ1) is 25.8. The van der Waals surface area contributed by atoms with E-state index < -0.39 is 23.5 Å². The van der Waals surface area contributed by atoms with Crippen molar-refractivity contribution in [1.82, 2.24) is 10.7 Å². The van der Waals surface area contributed by atoms with Gasteiger partial charge in [-0.3, -0.25) is 25.2 Å². The van der Waals surface area contributed by atoms with Gasteiger partial charge in [-0.1, -0.05) is 12.1 Å². The number of rotatable bonds is 3. The number of benzene rings is 2. The van der Waals surface area contributed by atoms with Gasteiger partial charge in [-0.15, -0.1) is 0 Å². The Bertz CT molecular complexity index is 1100. The molecule has 2 aliphatic heterocycles. The second-order valence-electron chi connectivity index (χ2n) is 7.46. The highest BCUT2D eigenvalue weighted by molar-refractivity contribution is 5.93. The number of hydrogen-bond donors (Lipinski definition) is 2. The molecule has 2 aromatic rings. The highest BCUT2D eigenvalue weighted by Gasteiger charge is 2.32. The summed E-state index contributed by atoms with van der Waals surface area (Å²) >= 11 is 0. The molecular formula is C22H22F6N6O. The monoisotopic (exact) mass is 500 g/mol. The fraction of sp³-hybridized carbons (Fsp3) is 0.318. The summed E-state index contributed by atoms with van der Waals surface area (Å²) in [5.74, 6) is 1.23. The van der Waals surface area contributed by atoms with Gasteiger partial charge in [0.1, 0.15) is 11.7 Å². The summed E-state index contributed by atoms with van der Waals surface area (Å²) < 4.78 is 75.2. The topological polar surface area (TPSA) is 72.3 Å². The van der Waals surface area contributed by atoms with Gasteiger partial charge in [-0.25, -0.2) is 0 Å². The second kappa shape index (κ2) is 10.7. The third-order valence-electron chi connectivity index (χ3n) is 5.09. The number of carbonyl (C=O) groups is 1. The van der Waals surface area contributed by atoms with Crippen molar-refractivity contribution >= 4 is 29.5 Å². The third-order valence-corrected chi connectivity index (χ3v) is 5.09. The van der Waals surface area contributed by atoms with E-state index in [1.165, 1.54) is 17.1 Å². The minimum absolute atomic E-state index is 0.354. The lowest BCUT2D eigenvalue weighted by Crippen LogP contribution is -2.33. The van der Waals surface area contributed by atoms with E-state index in [4.69, 9.17) is 0 Å². The molecule has 0 bridgehead atoms. The number of hydrazine groups is 1. The summed E-state index contributed by atoms with van der Waals surface area (Å²) in [6.45, 7) is 1.06. The molecule has 188 valence electrons. The van der Waals surface area contributed by atoms with Crippen molar-refractivity contribution in [3.63, 3.8) is 0 Å². The summed E-state index contributed by atoms with van der Waals surface area (Å²) in [5.41, 5.74) is 2.45. The first-order chi connectivity index (χ1) is 16.5. The smallest absolute Gasteiger partial charge is 0.315 e. The van der Waals surface area contributed by atoms with Crippen LogP contribution in [-0.4, -0.2) is 38.2 Å². The Morgan fingerprint density at radius 2 is 1.54 bits per heavy atom. The largest absolute Gasteiger partial charge is 0.416 e. The number of carbonyl (C=O) groups excluding carboxylic acids is 1. The molecule has 0 spiro atoms. The molecule has 2 N–H and O–H groups in total. The van der Waals surface area contributed by atoms with Crippen LogP contribution in [0, 0.1) is 0 Å². The van der Waals surface area contributed by atoms with E-state index in [0.717, 1.165) is 30.1 Å². The van der Waals surface area contributed by atoms with E-state index in [0.29, 0.717) is 49.6 Å². The number of nitrogens with zero attached hydrogens (tertiary/aromatic N) is 4. The predicted molar refractivity (Wildman–Crippen MR) is 120 cm³/mol. The average molecular weight is 500 g/mol. The van der Waals surface area contributed by atoms with Crippen LogP contribution in [0.2, 0.25) is 0 Å². The Balaban J connectivity index is 0.000000196. The Morgan fingerprint density at radius 3 is 2.09 bits per heavy atom. The van der Waals surface area contributed by atoms with E-state index in [1.807, 2.05) is 0 Å². The molecule has 0 atom stereocenters. The molecule has 2 heterocycles. The highest BCUT2D eigenvalue weighted by Crippen LogP contribution is 2.33. The standard InChI is InChI=1S/C11H10F3N3O.C11H12F3N3/c12-11(13,14)8-2-1-3-9(6-8)17-5-4-10(16-17)15-7-18;1-15-10-5-6-17(16-10)9-4-2-3-8(7-9)11(12,13)14/h1-3,6-7H,4-5H2,(H,15,16,18);2-4,7H,5-6H2,1H3,(H,15,16). The van der Waals surface area contributed by atoms with Crippen LogP contribution >= 0.6 is 0 Å². The molecule has 0 saturated carbocycles.